The Kier molecular flexibility index (Phi) is 5.99. The van der Waals surface area contributed by atoms with E-state index in [4.69, 9.17) is 14.2 Å². The maximum atomic E-state index is 12.0. The molecule has 0 aromatic heterocycles. The summed E-state index contributed by atoms with van der Waals surface area (Å²) in [5.74, 6) is -0.386. The second kappa shape index (κ2) is 7.79. The lowest BCUT2D eigenvalue weighted by atomic mass is 10.2. The van der Waals surface area contributed by atoms with Gasteiger partial charge in [0.2, 0.25) is 0 Å². The smallest absolute Gasteiger partial charge is 0.332 e. The highest BCUT2D eigenvalue weighted by Gasteiger charge is 2.53. The zero-order valence-electron chi connectivity index (χ0n) is 14.8. The van der Waals surface area contributed by atoms with Crippen molar-refractivity contribution in [1.82, 2.24) is 0 Å². The van der Waals surface area contributed by atoms with Crippen molar-refractivity contribution in [1.29, 1.82) is 0 Å². The first-order chi connectivity index (χ1) is 11.3. The van der Waals surface area contributed by atoms with E-state index >= 15 is 0 Å². The van der Waals surface area contributed by atoms with Gasteiger partial charge in [-0.2, -0.15) is 0 Å². The lowest BCUT2D eigenvalue weighted by Gasteiger charge is -2.19. The van der Waals surface area contributed by atoms with Crippen LogP contribution in [0, 0.1) is 17.8 Å². The van der Waals surface area contributed by atoms with Gasteiger partial charge in [-0.15, -0.1) is 0 Å². The van der Waals surface area contributed by atoms with Crippen LogP contribution in [0.1, 0.15) is 33.3 Å². The number of esters is 2. The van der Waals surface area contributed by atoms with Crippen molar-refractivity contribution in [3.05, 3.63) is 35.9 Å². The molecule has 5 nitrogen and oxygen atoms in total. The number of hydrogen-bond acceptors (Lipinski definition) is 5. The fraction of sp³-hybridized carbons (Fsp3) is 0.579. The van der Waals surface area contributed by atoms with Crippen molar-refractivity contribution in [3.8, 4) is 0 Å². The molecule has 1 aromatic rings. The highest BCUT2D eigenvalue weighted by molar-refractivity contribution is 5.77. The molecule has 0 N–H and O–H groups in total. The summed E-state index contributed by atoms with van der Waals surface area (Å²) in [6.45, 7) is 8.06. The number of carbonyl (C=O) groups excluding carboxylic acids is 2. The second-order valence-electron chi connectivity index (χ2n) is 7.24. The van der Waals surface area contributed by atoms with Crippen LogP contribution in [0.15, 0.2) is 30.3 Å². The average Bonchev–Trinajstić information content (AvgIpc) is 3.15. The molecule has 0 amide bonds. The van der Waals surface area contributed by atoms with Crippen molar-refractivity contribution in [2.24, 2.45) is 17.8 Å². The molecule has 1 aliphatic rings. The van der Waals surface area contributed by atoms with Crippen LogP contribution in [0.25, 0.3) is 0 Å². The van der Waals surface area contributed by atoms with Gasteiger partial charge in [0.25, 0.3) is 0 Å². The Hall–Kier alpha value is -1.88. The van der Waals surface area contributed by atoms with E-state index in [1.165, 1.54) is 0 Å². The molecule has 0 aliphatic heterocycles. The Morgan fingerprint density at radius 1 is 1.12 bits per heavy atom. The molecule has 132 valence electrons. The van der Waals surface area contributed by atoms with E-state index in [-0.39, 0.29) is 36.9 Å². The highest BCUT2D eigenvalue weighted by Crippen LogP contribution is 2.47. The average molecular weight is 334 g/mol. The summed E-state index contributed by atoms with van der Waals surface area (Å²) < 4.78 is 15.9. The molecule has 1 saturated carbocycles. The lowest BCUT2D eigenvalue weighted by molar-refractivity contribution is -0.157. The molecule has 1 aromatic carbocycles. The molecule has 1 aliphatic carbocycles. The van der Waals surface area contributed by atoms with E-state index in [0.29, 0.717) is 6.61 Å². The van der Waals surface area contributed by atoms with Crippen molar-refractivity contribution in [3.63, 3.8) is 0 Å². The van der Waals surface area contributed by atoms with Gasteiger partial charge in [-0.3, -0.25) is 4.79 Å². The van der Waals surface area contributed by atoms with E-state index in [1.807, 2.05) is 58.0 Å². The van der Waals surface area contributed by atoms with Crippen molar-refractivity contribution < 1.29 is 23.8 Å². The predicted molar refractivity (Wildman–Crippen MR) is 89.0 cm³/mol. The predicted octanol–water partition coefficient (Wildman–Crippen LogP) is 2.97. The minimum atomic E-state index is -0.480. The Morgan fingerprint density at radius 2 is 1.79 bits per heavy atom. The van der Waals surface area contributed by atoms with Gasteiger partial charge in [0.05, 0.1) is 12.5 Å². The summed E-state index contributed by atoms with van der Waals surface area (Å²) in [5, 5.41) is 0. The summed E-state index contributed by atoms with van der Waals surface area (Å²) >= 11 is 0. The molecule has 3 atom stereocenters. The van der Waals surface area contributed by atoms with Crippen molar-refractivity contribution in [2.75, 3.05) is 13.2 Å². The number of carbonyl (C=O) groups is 2. The minimum absolute atomic E-state index is 0.100. The fourth-order valence-electron chi connectivity index (χ4n) is 2.62. The zero-order chi connectivity index (χ0) is 17.7. The number of ether oxygens (including phenoxy) is 3. The van der Waals surface area contributed by atoms with Crippen molar-refractivity contribution >= 4 is 11.9 Å². The van der Waals surface area contributed by atoms with Crippen LogP contribution in [0.2, 0.25) is 0 Å². The van der Waals surface area contributed by atoms with Crippen LogP contribution >= 0.6 is 0 Å². The fourth-order valence-corrected chi connectivity index (χ4v) is 2.62. The van der Waals surface area contributed by atoms with Crippen LogP contribution in [0.5, 0.6) is 0 Å². The maximum absolute atomic E-state index is 12.0. The Labute approximate surface area is 143 Å². The molecule has 0 saturated heterocycles. The van der Waals surface area contributed by atoms with Crippen LogP contribution in [0.4, 0.5) is 0 Å². The quantitative estimate of drug-likeness (QED) is 0.717. The second-order valence-corrected chi connectivity index (χ2v) is 7.24. The third-order valence-electron chi connectivity index (χ3n) is 4.01. The largest absolute Gasteiger partial charge is 0.460 e. The van der Waals surface area contributed by atoms with E-state index < -0.39 is 11.6 Å². The van der Waals surface area contributed by atoms with E-state index in [1.54, 1.807) is 0 Å². The zero-order valence-corrected chi connectivity index (χ0v) is 14.8. The van der Waals surface area contributed by atoms with E-state index in [0.717, 1.165) is 5.56 Å². The van der Waals surface area contributed by atoms with Crippen LogP contribution < -0.4 is 0 Å². The summed E-state index contributed by atoms with van der Waals surface area (Å²) in [7, 11) is 0. The van der Waals surface area contributed by atoms with Crippen LogP contribution in [-0.4, -0.2) is 30.8 Å². The first-order valence-corrected chi connectivity index (χ1v) is 8.28. The molecule has 0 radical (unpaired) electrons. The Morgan fingerprint density at radius 3 is 2.42 bits per heavy atom. The summed E-state index contributed by atoms with van der Waals surface area (Å²) in [6.07, 6.45) is 0. The van der Waals surface area contributed by atoms with E-state index in [2.05, 4.69) is 0 Å². The van der Waals surface area contributed by atoms with Gasteiger partial charge in [-0.25, -0.2) is 4.79 Å². The molecule has 1 fully saturated rings. The molecule has 2 rings (SSSR count). The van der Waals surface area contributed by atoms with Crippen molar-refractivity contribution in [2.45, 2.75) is 39.9 Å². The maximum Gasteiger partial charge on any atom is 0.332 e. The number of hydrogen-bond donors (Lipinski definition) is 0. The third kappa shape index (κ3) is 5.64. The highest BCUT2D eigenvalue weighted by atomic mass is 16.6. The molecule has 0 bridgehead atoms. The summed E-state index contributed by atoms with van der Waals surface area (Å²) in [5.41, 5.74) is 0.457. The van der Waals surface area contributed by atoms with Crippen LogP contribution in [0.3, 0.4) is 0 Å². The van der Waals surface area contributed by atoms with Gasteiger partial charge >= 0.3 is 11.9 Å². The van der Waals surface area contributed by atoms with E-state index in [9.17, 15) is 9.59 Å². The monoisotopic (exact) mass is 334 g/mol. The first-order valence-electron chi connectivity index (χ1n) is 8.28. The molecule has 0 unspecified atom stereocenters. The summed E-state index contributed by atoms with van der Waals surface area (Å²) in [4.78, 5) is 23.7. The number of benzene rings is 1. The van der Waals surface area contributed by atoms with Gasteiger partial charge in [-0.1, -0.05) is 37.3 Å². The topological polar surface area (TPSA) is 61.8 Å². The van der Waals surface area contributed by atoms with Gasteiger partial charge in [0.1, 0.15) is 18.8 Å². The molecule has 24 heavy (non-hydrogen) atoms. The SMILES string of the molecule is C[C@H]1[C@@H](COCC(=O)OCc2ccccc2)[C@@H]1C(=O)OC(C)(C)C. The molecular formula is C19H26O5. The molecule has 5 heteroatoms. The minimum Gasteiger partial charge on any atom is -0.460 e. The third-order valence-corrected chi connectivity index (χ3v) is 4.01. The Bertz CT molecular complexity index is 561. The number of rotatable bonds is 7. The Balaban J connectivity index is 1.64. The van der Waals surface area contributed by atoms with Gasteiger partial charge in [-0.05, 0) is 38.2 Å². The lowest BCUT2D eigenvalue weighted by Crippen LogP contribution is -2.25. The van der Waals surface area contributed by atoms with Crippen LogP contribution in [-0.2, 0) is 30.4 Å². The molecule has 0 heterocycles. The molecule has 0 spiro atoms. The summed E-state index contributed by atoms with van der Waals surface area (Å²) in [6, 6.07) is 9.49. The molecular weight excluding hydrogens is 308 g/mol. The van der Waals surface area contributed by atoms with Gasteiger partial charge in [0.15, 0.2) is 0 Å². The standard InChI is InChI=1S/C19H26O5/c1-13-15(17(13)18(21)24-19(2,3)4)11-22-12-16(20)23-10-14-8-6-5-7-9-14/h5-9,13,15,17H,10-12H2,1-4H3/t13-,15+,17+/m0/s1. The first kappa shape index (κ1) is 18.5. The normalized spacial score (nSPS) is 22.8. The van der Waals surface area contributed by atoms with Gasteiger partial charge < -0.3 is 14.2 Å². The van der Waals surface area contributed by atoms with Gasteiger partial charge in [0, 0.05) is 0 Å².